The maximum atomic E-state index is 12.4. The van der Waals surface area contributed by atoms with Gasteiger partial charge in [-0.15, -0.1) is 0 Å². The SMILES string of the molecule is Cc1ccc(NC(C)C(=O)NC2CCC(C)CC2)cc1NS(C)(=O)=O. The van der Waals surface area contributed by atoms with E-state index in [1.165, 1.54) is 0 Å². The lowest BCUT2D eigenvalue weighted by atomic mass is 9.87. The molecule has 1 atom stereocenters. The number of anilines is 2. The van der Waals surface area contributed by atoms with Crippen molar-refractivity contribution in [3.05, 3.63) is 23.8 Å². The van der Waals surface area contributed by atoms with Crippen LogP contribution in [0.1, 0.15) is 45.1 Å². The zero-order valence-electron chi connectivity index (χ0n) is 15.4. The standard InChI is InChI=1S/C18H29N3O3S/c1-12-5-8-15(9-6-12)20-18(22)14(3)19-16-10-7-13(2)17(11-16)21-25(4,23)24/h7,10-12,14-15,19,21H,5-6,8-9H2,1-4H3,(H,20,22). The van der Waals surface area contributed by atoms with E-state index in [-0.39, 0.29) is 11.9 Å². The van der Waals surface area contributed by atoms with Gasteiger partial charge in [-0.25, -0.2) is 8.42 Å². The van der Waals surface area contributed by atoms with Gasteiger partial charge in [0.2, 0.25) is 15.9 Å². The van der Waals surface area contributed by atoms with Crippen LogP contribution in [0.15, 0.2) is 18.2 Å². The molecule has 1 amide bonds. The van der Waals surface area contributed by atoms with E-state index in [0.717, 1.165) is 43.4 Å². The Balaban J connectivity index is 1.96. The van der Waals surface area contributed by atoms with Crippen LogP contribution >= 0.6 is 0 Å². The number of hydrogen-bond acceptors (Lipinski definition) is 4. The van der Waals surface area contributed by atoms with E-state index in [9.17, 15) is 13.2 Å². The largest absolute Gasteiger partial charge is 0.374 e. The van der Waals surface area contributed by atoms with Gasteiger partial charge in [0.25, 0.3) is 0 Å². The van der Waals surface area contributed by atoms with Crippen molar-refractivity contribution in [1.29, 1.82) is 0 Å². The minimum absolute atomic E-state index is 0.0299. The summed E-state index contributed by atoms with van der Waals surface area (Å²) in [7, 11) is -3.34. The first kappa shape index (κ1) is 19.6. The molecule has 2 rings (SSSR count). The molecule has 1 aliphatic carbocycles. The Kier molecular flexibility index (Phi) is 6.32. The number of nitrogens with one attached hydrogen (secondary N) is 3. The van der Waals surface area contributed by atoms with Crippen LogP contribution in [0.3, 0.4) is 0 Å². The molecule has 1 aliphatic rings. The van der Waals surface area contributed by atoms with Gasteiger partial charge >= 0.3 is 0 Å². The Morgan fingerprint density at radius 2 is 1.84 bits per heavy atom. The van der Waals surface area contributed by atoms with E-state index in [4.69, 9.17) is 0 Å². The number of benzene rings is 1. The first-order chi connectivity index (χ1) is 11.6. The predicted octanol–water partition coefficient (Wildman–Crippen LogP) is 2.86. The molecule has 3 N–H and O–H groups in total. The molecule has 7 heteroatoms. The number of carbonyl (C=O) groups excluding carboxylic acids is 1. The molecule has 0 radical (unpaired) electrons. The number of hydrogen-bond donors (Lipinski definition) is 3. The second-order valence-electron chi connectivity index (χ2n) is 7.24. The lowest BCUT2D eigenvalue weighted by Crippen LogP contribution is -2.44. The summed E-state index contributed by atoms with van der Waals surface area (Å²) in [6.45, 7) is 5.89. The molecule has 0 spiro atoms. The second-order valence-corrected chi connectivity index (χ2v) is 8.98. The highest BCUT2D eigenvalue weighted by atomic mass is 32.2. The van der Waals surface area contributed by atoms with Gasteiger partial charge in [-0.3, -0.25) is 9.52 Å². The summed E-state index contributed by atoms with van der Waals surface area (Å²) in [4.78, 5) is 12.4. The number of sulfonamides is 1. The molecule has 0 aromatic heterocycles. The van der Waals surface area contributed by atoms with Gasteiger partial charge < -0.3 is 10.6 Å². The monoisotopic (exact) mass is 367 g/mol. The summed E-state index contributed by atoms with van der Waals surface area (Å²) in [5.41, 5.74) is 2.04. The Morgan fingerprint density at radius 3 is 2.44 bits per heavy atom. The quantitative estimate of drug-likeness (QED) is 0.721. The average molecular weight is 368 g/mol. The van der Waals surface area contributed by atoms with Crippen LogP contribution in [0.2, 0.25) is 0 Å². The van der Waals surface area contributed by atoms with Crippen LogP contribution in [-0.4, -0.2) is 32.7 Å². The summed E-state index contributed by atoms with van der Waals surface area (Å²) in [6.07, 6.45) is 5.50. The van der Waals surface area contributed by atoms with Crippen molar-refractivity contribution in [2.45, 2.75) is 58.5 Å². The zero-order valence-corrected chi connectivity index (χ0v) is 16.2. The molecule has 6 nitrogen and oxygen atoms in total. The third-order valence-electron chi connectivity index (χ3n) is 4.67. The highest BCUT2D eigenvalue weighted by Gasteiger charge is 2.22. The molecule has 1 fully saturated rings. The lowest BCUT2D eigenvalue weighted by Gasteiger charge is -2.28. The van der Waals surface area contributed by atoms with Crippen molar-refractivity contribution >= 4 is 27.3 Å². The molecule has 0 saturated heterocycles. The minimum atomic E-state index is -3.34. The summed E-state index contributed by atoms with van der Waals surface area (Å²) in [5.74, 6) is 0.717. The number of rotatable bonds is 6. The molecular weight excluding hydrogens is 338 g/mol. The van der Waals surface area contributed by atoms with E-state index in [1.807, 2.05) is 26.0 Å². The van der Waals surface area contributed by atoms with Gasteiger partial charge in [0.05, 0.1) is 11.9 Å². The van der Waals surface area contributed by atoms with Crippen molar-refractivity contribution in [3.8, 4) is 0 Å². The molecule has 1 aromatic rings. The fourth-order valence-corrected chi connectivity index (χ4v) is 3.69. The van der Waals surface area contributed by atoms with Crippen LogP contribution in [0, 0.1) is 12.8 Å². The molecule has 1 unspecified atom stereocenters. The van der Waals surface area contributed by atoms with E-state index in [1.54, 1.807) is 6.07 Å². The first-order valence-corrected chi connectivity index (χ1v) is 10.7. The Hall–Kier alpha value is -1.76. The molecule has 0 heterocycles. The van der Waals surface area contributed by atoms with Gasteiger partial charge in [0.15, 0.2) is 0 Å². The smallest absolute Gasteiger partial charge is 0.242 e. The third-order valence-corrected chi connectivity index (χ3v) is 5.26. The van der Waals surface area contributed by atoms with Gasteiger partial charge in [-0.05, 0) is 63.1 Å². The fraction of sp³-hybridized carbons (Fsp3) is 0.611. The molecule has 0 bridgehead atoms. The van der Waals surface area contributed by atoms with Crippen molar-refractivity contribution in [2.24, 2.45) is 5.92 Å². The predicted molar refractivity (Wildman–Crippen MR) is 102 cm³/mol. The Bertz CT molecular complexity index is 710. The van der Waals surface area contributed by atoms with Crippen molar-refractivity contribution in [1.82, 2.24) is 5.32 Å². The van der Waals surface area contributed by atoms with Gasteiger partial charge in [-0.2, -0.15) is 0 Å². The van der Waals surface area contributed by atoms with E-state index >= 15 is 0 Å². The Labute approximate surface area is 150 Å². The highest BCUT2D eigenvalue weighted by Crippen LogP contribution is 2.24. The van der Waals surface area contributed by atoms with Crippen molar-refractivity contribution in [3.63, 3.8) is 0 Å². The number of amides is 1. The minimum Gasteiger partial charge on any atom is -0.374 e. The van der Waals surface area contributed by atoms with Crippen LogP contribution in [0.4, 0.5) is 11.4 Å². The molecule has 25 heavy (non-hydrogen) atoms. The highest BCUT2D eigenvalue weighted by molar-refractivity contribution is 7.92. The third kappa shape index (κ3) is 6.23. The van der Waals surface area contributed by atoms with Gasteiger partial charge in [-0.1, -0.05) is 13.0 Å². The summed E-state index contributed by atoms with van der Waals surface area (Å²) in [6, 6.07) is 5.24. The molecular formula is C18H29N3O3S. The maximum absolute atomic E-state index is 12.4. The van der Waals surface area contributed by atoms with Crippen molar-refractivity contribution < 1.29 is 13.2 Å². The Morgan fingerprint density at radius 1 is 1.20 bits per heavy atom. The topological polar surface area (TPSA) is 87.3 Å². The lowest BCUT2D eigenvalue weighted by molar-refractivity contribution is -0.122. The fourth-order valence-electron chi connectivity index (χ4n) is 3.07. The number of carbonyl (C=O) groups is 1. The van der Waals surface area contributed by atoms with E-state index in [0.29, 0.717) is 11.4 Å². The summed E-state index contributed by atoms with van der Waals surface area (Å²) in [5, 5.41) is 6.26. The normalized spacial score (nSPS) is 22.1. The van der Waals surface area contributed by atoms with Crippen LogP contribution in [0.25, 0.3) is 0 Å². The maximum Gasteiger partial charge on any atom is 0.242 e. The first-order valence-electron chi connectivity index (χ1n) is 8.79. The summed E-state index contributed by atoms with van der Waals surface area (Å²) >= 11 is 0. The van der Waals surface area contributed by atoms with Gasteiger partial charge in [0, 0.05) is 11.7 Å². The van der Waals surface area contributed by atoms with Gasteiger partial charge in [0.1, 0.15) is 6.04 Å². The molecule has 1 saturated carbocycles. The molecule has 0 aliphatic heterocycles. The van der Waals surface area contributed by atoms with E-state index < -0.39 is 16.1 Å². The average Bonchev–Trinajstić information content (AvgIpc) is 2.51. The van der Waals surface area contributed by atoms with Crippen molar-refractivity contribution in [2.75, 3.05) is 16.3 Å². The number of aryl methyl sites for hydroxylation is 1. The molecule has 140 valence electrons. The summed E-state index contributed by atoms with van der Waals surface area (Å²) < 4.78 is 25.4. The van der Waals surface area contributed by atoms with E-state index in [2.05, 4.69) is 22.3 Å². The zero-order chi connectivity index (χ0) is 18.6. The van der Waals surface area contributed by atoms with Crippen LogP contribution in [-0.2, 0) is 14.8 Å². The van der Waals surface area contributed by atoms with Crippen LogP contribution in [0.5, 0.6) is 0 Å². The second kappa shape index (κ2) is 8.08. The molecule has 1 aromatic carbocycles. The van der Waals surface area contributed by atoms with Crippen LogP contribution < -0.4 is 15.4 Å².